The maximum Gasteiger partial charge on any atom is 0.228 e. The fourth-order valence-corrected chi connectivity index (χ4v) is 3.42. The van der Waals surface area contributed by atoms with Crippen LogP contribution in [0.4, 0.5) is 0 Å². The molecule has 2 rings (SSSR count). The predicted molar refractivity (Wildman–Crippen MR) is 98.8 cm³/mol. The lowest BCUT2D eigenvalue weighted by Gasteiger charge is -2.23. The number of ether oxygens (including phenoxy) is 1. The minimum Gasteiger partial charge on any atom is -0.474 e. The van der Waals surface area contributed by atoms with Gasteiger partial charge in [0.2, 0.25) is 5.88 Å². The van der Waals surface area contributed by atoms with Gasteiger partial charge < -0.3 is 9.64 Å². The topological polar surface area (TPSA) is 25.4 Å². The van der Waals surface area contributed by atoms with Gasteiger partial charge in [-0.25, -0.2) is 4.98 Å². The lowest BCUT2D eigenvalue weighted by Crippen LogP contribution is -2.26. The summed E-state index contributed by atoms with van der Waals surface area (Å²) in [7, 11) is 2.03. The Balaban J connectivity index is 2.08. The average molecular weight is 385 g/mol. The molecule has 1 aromatic heterocycles. The van der Waals surface area contributed by atoms with Gasteiger partial charge in [0.25, 0.3) is 0 Å². The Kier molecular flexibility index (Phi) is 6.63. The third-order valence-electron chi connectivity index (χ3n) is 4.31. The van der Waals surface area contributed by atoms with E-state index in [9.17, 15) is 0 Å². The lowest BCUT2D eigenvalue weighted by molar-refractivity contribution is 0.147. The van der Waals surface area contributed by atoms with E-state index in [0.717, 1.165) is 52.4 Å². The highest BCUT2D eigenvalue weighted by molar-refractivity contribution is 9.10. The van der Waals surface area contributed by atoms with E-state index in [-0.39, 0.29) is 0 Å². The molecular formula is C17H25BrN2OS. The summed E-state index contributed by atoms with van der Waals surface area (Å²) in [4.78, 5) is 7.69. The van der Waals surface area contributed by atoms with Gasteiger partial charge in [0.1, 0.15) is 6.10 Å². The summed E-state index contributed by atoms with van der Waals surface area (Å²) in [6.07, 6.45) is 7.19. The molecule has 0 atom stereocenters. The summed E-state index contributed by atoms with van der Waals surface area (Å²) in [5.41, 5.74) is 2.16. The second-order valence-electron chi connectivity index (χ2n) is 5.98. The van der Waals surface area contributed by atoms with Crippen LogP contribution in [0.1, 0.15) is 50.3 Å². The summed E-state index contributed by atoms with van der Waals surface area (Å²) in [6.45, 7) is 5.06. The highest BCUT2D eigenvalue weighted by Crippen LogP contribution is 2.29. The smallest absolute Gasteiger partial charge is 0.228 e. The largest absolute Gasteiger partial charge is 0.474 e. The summed E-state index contributed by atoms with van der Waals surface area (Å²) in [5.74, 6) is 0.725. The maximum atomic E-state index is 6.09. The van der Waals surface area contributed by atoms with Crippen LogP contribution < -0.4 is 4.74 Å². The van der Waals surface area contributed by atoms with Crippen molar-refractivity contribution in [2.75, 3.05) is 13.6 Å². The van der Waals surface area contributed by atoms with Gasteiger partial charge >= 0.3 is 0 Å². The number of aromatic nitrogens is 1. The van der Waals surface area contributed by atoms with E-state index >= 15 is 0 Å². The predicted octanol–water partition coefficient (Wildman–Crippen LogP) is 4.69. The first kappa shape index (κ1) is 17.7. The molecule has 0 amide bonds. The number of thiocarbonyl (C=S) groups is 1. The van der Waals surface area contributed by atoms with Gasteiger partial charge in [-0.2, -0.15) is 0 Å². The Morgan fingerprint density at radius 1 is 1.41 bits per heavy atom. The van der Waals surface area contributed by atoms with Crippen molar-refractivity contribution in [2.45, 2.75) is 58.5 Å². The molecule has 0 aromatic carbocycles. The van der Waals surface area contributed by atoms with E-state index in [2.05, 4.69) is 38.8 Å². The van der Waals surface area contributed by atoms with Gasteiger partial charge in [0.15, 0.2) is 0 Å². The number of rotatable bonds is 5. The molecule has 0 saturated heterocycles. The molecule has 1 aliphatic carbocycles. The normalized spacial score (nSPS) is 15.6. The molecule has 0 aliphatic heterocycles. The Hall–Kier alpha value is -0.680. The van der Waals surface area contributed by atoms with Gasteiger partial charge in [-0.05, 0) is 67.1 Å². The number of halogens is 1. The van der Waals surface area contributed by atoms with Crippen LogP contribution in [-0.2, 0) is 6.42 Å². The zero-order valence-corrected chi connectivity index (χ0v) is 16.1. The molecule has 1 fully saturated rings. The van der Waals surface area contributed by atoms with Crippen molar-refractivity contribution < 1.29 is 4.74 Å². The quantitative estimate of drug-likeness (QED) is 0.687. The lowest BCUT2D eigenvalue weighted by atomic mass is 9.98. The number of likely N-dealkylation sites (N-methyl/N-ethyl adjacent to an activating group) is 1. The van der Waals surface area contributed by atoms with E-state index < -0.39 is 0 Å². The molecule has 0 spiro atoms. The molecule has 0 unspecified atom stereocenters. The molecule has 1 aromatic rings. The van der Waals surface area contributed by atoms with Crippen LogP contribution in [-0.4, -0.2) is 34.6 Å². The Morgan fingerprint density at radius 3 is 2.73 bits per heavy atom. The van der Waals surface area contributed by atoms with Crippen LogP contribution >= 0.6 is 28.1 Å². The molecule has 1 saturated carbocycles. The van der Waals surface area contributed by atoms with E-state index in [1.54, 1.807) is 0 Å². The van der Waals surface area contributed by atoms with E-state index in [1.807, 2.05) is 14.0 Å². The maximum absolute atomic E-state index is 6.09. The third kappa shape index (κ3) is 4.66. The minimum absolute atomic E-state index is 0.315. The van der Waals surface area contributed by atoms with Crippen LogP contribution in [0.15, 0.2) is 10.5 Å². The number of pyridine rings is 1. The molecule has 1 heterocycles. The van der Waals surface area contributed by atoms with Crippen LogP contribution in [0.3, 0.4) is 0 Å². The van der Waals surface area contributed by atoms with Gasteiger partial charge in [0.05, 0.1) is 9.46 Å². The molecule has 0 N–H and O–H groups in total. The van der Waals surface area contributed by atoms with Crippen LogP contribution in [0.5, 0.6) is 5.88 Å². The molecule has 5 heteroatoms. The first-order chi connectivity index (χ1) is 10.5. The van der Waals surface area contributed by atoms with Crippen molar-refractivity contribution in [3.05, 3.63) is 21.8 Å². The molecule has 0 bridgehead atoms. The van der Waals surface area contributed by atoms with E-state index in [4.69, 9.17) is 17.0 Å². The molecule has 122 valence electrons. The van der Waals surface area contributed by atoms with E-state index in [1.165, 1.54) is 19.3 Å². The van der Waals surface area contributed by atoms with Gasteiger partial charge in [-0.3, -0.25) is 0 Å². The van der Waals surface area contributed by atoms with Gasteiger partial charge in [-0.15, -0.1) is 0 Å². The highest BCUT2D eigenvalue weighted by Gasteiger charge is 2.18. The minimum atomic E-state index is 0.315. The van der Waals surface area contributed by atoms with Crippen LogP contribution in [0.2, 0.25) is 0 Å². The fourth-order valence-electron chi connectivity index (χ4n) is 2.67. The average Bonchev–Trinajstić information content (AvgIpc) is 2.52. The van der Waals surface area contributed by atoms with Crippen molar-refractivity contribution in [3.63, 3.8) is 0 Å². The number of aryl methyl sites for hydroxylation is 1. The molecule has 22 heavy (non-hydrogen) atoms. The molecule has 3 nitrogen and oxygen atoms in total. The van der Waals surface area contributed by atoms with Crippen molar-refractivity contribution in [1.82, 2.24) is 9.88 Å². The van der Waals surface area contributed by atoms with Crippen molar-refractivity contribution in [1.29, 1.82) is 0 Å². The van der Waals surface area contributed by atoms with Crippen molar-refractivity contribution >= 4 is 33.1 Å². The summed E-state index contributed by atoms with van der Waals surface area (Å²) >= 11 is 9.08. The number of hydrogen-bond acceptors (Lipinski definition) is 3. The SMILES string of the molecule is CCN(C)C(=S)Cc1cc(Br)c(OC2CCCCC2)nc1C. The summed E-state index contributed by atoms with van der Waals surface area (Å²) in [5, 5.41) is 0. The standard InChI is InChI=1S/C17H25BrN2OS/c1-4-20(3)16(22)11-13-10-15(18)17(19-12(13)2)21-14-8-6-5-7-9-14/h10,14H,4-9,11H2,1-3H3. The number of nitrogens with zero attached hydrogens (tertiary/aromatic N) is 2. The molecule has 0 radical (unpaired) electrons. The second-order valence-corrected chi connectivity index (χ2v) is 7.31. The first-order valence-corrected chi connectivity index (χ1v) is 9.28. The number of hydrogen-bond donors (Lipinski definition) is 0. The van der Waals surface area contributed by atoms with Gasteiger partial charge in [-0.1, -0.05) is 18.6 Å². The Labute approximate surface area is 147 Å². The summed E-state index contributed by atoms with van der Waals surface area (Å²) < 4.78 is 7.03. The molecule has 1 aliphatic rings. The van der Waals surface area contributed by atoms with Crippen LogP contribution in [0, 0.1) is 6.92 Å². The Morgan fingerprint density at radius 2 is 2.09 bits per heavy atom. The summed E-state index contributed by atoms with van der Waals surface area (Å²) in [6, 6.07) is 2.11. The fraction of sp³-hybridized carbons (Fsp3) is 0.647. The Bertz CT molecular complexity index is 530. The first-order valence-electron chi connectivity index (χ1n) is 8.08. The zero-order chi connectivity index (χ0) is 16.1. The van der Waals surface area contributed by atoms with Crippen LogP contribution in [0.25, 0.3) is 0 Å². The van der Waals surface area contributed by atoms with E-state index in [0.29, 0.717) is 6.10 Å². The second kappa shape index (κ2) is 8.25. The van der Waals surface area contributed by atoms with Crippen molar-refractivity contribution in [2.24, 2.45) is 0 Å². The van der Waals surface area contributed by atoms with Crippen molar-refractivity contribution in [3.8, 4) is 5.88 Å². The monoisotopic (exact) mass is 384 g/mol. The zero-order valence-electron chi connectivity index (χ0n) is 13.7. The van der Waals surface area contributed by atoms with Gasteiger partial charge in [0, 0.05) is 25.7 Å². The highest BCUT2D eigenvalue weighted by atomic mass is 79.9. The third-order valence-corrected chi connectivity index (χ3v) is 5.34. The molecular weight excluding hydrogens is 360 g/mol.